The van der Waals surface area contributed by atoms with E-state index in [0.717, 1.165) is 0 Å². The van der Waals surface area contributed by atoms with Gasteiger partial charge >= 0.3 is 5.97 Å². The van der Waals surface area contributed by atoms with Crippen molar-refractivity contribution in [2.45, 2.75) is 13.0 Å². The Bertz CT molecular complexity index is 621. The second kappa shape index (κ2) is 4.25. The number of benzene rings is 1. The molecule has 1 atom stereocenters. The fourth-order valence-electron chi connectivity index (χ4n) is 1.49. The van der Waals surface area contributed by atoms with E-state index in [0.29, 0.717) is 16.6 Å². The first kappa shape index (κ1) is 11.1. The Labute approximate surface area is 96.3 Å². The molecule has 0 saturated carbocycles. The van der Waals surface area contributed by atoms with Gasteiger partial charge in [0.2, 0.25) is 0 Å². The number of aromatic nitrogens is 2. The molecular weight excluding hydrogens is 222 g/mol. The van der Waals surface area contributed by atoms with E-state index >= 15 is 0 Å². The number of hydrogen-bond donors (Lipinski definition) is 3. The minimum atomic E-state index is -0.984. The molecule has 0 aliphatic carbocycles. The molecule has 2 aromatic rings. The zero-order valence-corrected chi connectivity index (χ0v) is 9.10. The summed E-state index contributed by atoms with van der Waals surface area (Å²) in [5, 5.41) is 18.8. The normalized spacial score (nSPS) is 12.3. The third kappa shape index (κ3) is 2.10. The van der Waals surface area contributed by atoms with Crippen molar-refractivity contribution >= 4 is 22.6 Å². The minimum absolute atomic E-state index is 0.297. The molecule has 1 unspecified atom stereocenters. The van der Waals surface area contributed by atoms with Crippen molar-refractivity contribution in [1.29, 1.82) is 0 Å². The number of anilines is 1. The van der Waals surface area contributed by atoms with Crippen LogP contribution in [0, 0.1) is 0 Å². The van der Waals surface area contributed by atoms with E-state index in [1.165, 1.54) is 6.92 Å². The maximum atomic E-state index is 11.5. The summed E-state index contributed by atoms with van der Waals surface area (Å²) in [6.45, 7) is 1.50. The van der Waals surface area contributed by atoms with Gasteiger partial charge in [0.25, 0.3) is 5.56 Å². The maximum Gasteiger partial charge on any atom is 0.325 e. The van der Waals surface area contributed by atoms with Gasteiger partial charge in [0.1, 0.15) is 6.04 Å². The number of aliphatic carboxylic acids is 1. The highest BCUT2D eigenvalue weighted by atomic mass is 16.4. The average Bonchev–Trinajstić information content (AvgIpc) is 2.33. The zero-order valence-electron chi connectivity index (χ0n) is 9.10. The third-order valence-corrected chi connectivity index (χ3v) is 2.42. The quantitative estimate of drug-likeness (QED) is 0.729. The lowest BCUT2D eigenvalue weighted by Crippen LogP contribution is -2.27. The number of H-pyrrole nitrogens is 1. The van der Waals surface area contributed by atoms with E-state index in [1.54, 1.807) is 24.3 Å². The molecule has 0 fully saturated rings. The van der Waals surface area contributed by atoms with Crippen molar-refractivity contribution in [3.63, 3.8) is 0 Å². The van der Waals surface area contributed by atoms with E-state index in [1.807, 2.05) is 0 Å². The fraction of sp³-hybridized carbons (Fsp3) is 0.182. The van der Waals surface area contributed by atoms with Crippen LogP contribution < -0.4 is 10.9 Å². The van der Waals surface area contributed by atoms with Crippen LogP contribution in [-0.2, 0) is 4.79 Å². The Morgan fingerprint density at radius 1 is 1.41 bits per heavy atom. The van der Waals surface area contributed by atoms with Crippen molar-refractivity contribution in [2.24, 2.45) is 0 Å². The van der Waals surface area contributed by atoms with Crippen LogP contribution in [0.3, 0.4) is 0 Å². The Morgan fingerprint density at radius 2 is 2.06 bits per heavy atom. The highest BCUT2D eigenvalue weighted by molar-refractivity contribution is 5.92. The standard InChI is InChI=1S/C11H11N3O3/c1-6(11(16)17)12-9-7-4-2-3-5-8(7)10(15)14-13-9/h2-6H,1H3,(H,12,13)(H,14,15)(H,16,17). The topological polar surface area (TPSA) is 95.1 Å². The van der Waals surface area contributed by atoms with E-state index in [-0.39, 0.29) is 5.56 Å². The molecule has 0 saturated heterocycles. The molecule has 3 N–H and O–H groups in total. The van der Waals surface area contributed by atoms with Crippen LogP contribution in [-0.4, -0.2) is 27.3 Å². The number of carboxylic acids is 1. The summed E-state index contributed by atoms with van der Waals surface area (Å²) < 4.78 is 0. The summed E-state index contributed by atoms with van der Waals surface area (Å²) in [4.78, 5) is 22.2. The molecule has 6 nitrogen and oxygen atoms in total. The van der Waals surface area contributed by atoms with Gasteiger partial charge in [-0.1, -0.05) is 18.2 Å². The zero-order chi connectivity index (χ0) is 12.4. The van der Waals surface area contributed by atoms with Gasteiger partial charge < -0.3 is 10.4 Å². The molecule has 0 aliphatic rings. The largest absolute Gasteiger partial charge is 0.480 e. The molecule has 17 heavy (non-hydrogen) atoms. The van der Waals surface area contributed by atoms with Crippen molar-refractivity contribution in [3.05, 3.63) is 34.6 Å². The number of aromatic amines is 1. The molecule has 6 heteroatoms. The summed E-state index contributed by atoms with van der Waals surface area (Å²) in [7, 11) is 0. The van der Waals surface area contributed by atoms with Crippen molar-refractivity contribution in [2.75, 3.05) is 5.32 Å². The highest BCUT2D eigenvalue weighted by Crippen LogP contribution is 2.17. The lowest BCUT2D eigenvalue weighted by atomic mass is 10.2. The average molecular weight is 233 g/mol. The van der Waals surface area contributed by atoms with Crippen LogP contribution in [0.2, 0.25) is 0 Å². The Balaban J connectivity index is 2.52. The maximum absolute atomic E-state index is 11.5. The first-order valence-electron chi connectivity index (χ1n) is 5.06. The highest BCUT2D eigenvalue weighted by Gasteiger charge is 2.13. The van der Waals surface area contributed by atoms with Crippen LogP contribution in [0.25, 0.3) is 10.8 Å². The minimum Gasteiger partial charge on any atom is -0.480 e. The van der Waals surface area contributed by atoms with Gasteiger partial charge in [-0.3, -0.25) is 9.59 Å². The van der Waals surface area contributed by atoms with E-state index < -0.39 is 12.0 Å². The lowest BCUT2D eigenvalue weighted by molar-refractivity contribution is -0.137. The predicted octanol–water partition coefficient (Wildman–Crippen LogP) is 0.808. The van der Waals surface area contributed by atoms with Gasteiger partial charge in [-0.2, -0.15) is 5.10 Å². The van der Waals surface area contributed by atoms with Gasteiger partial charge in [-0.15, -0.1) is 0 Å². The van der Waals surface area contributed by atoms with Crippen LogP contribution in [0.1, 0.15) is 6.92 Å². The molecule has 0 amide bonds. The molecule has 1 heterocycles. The molecule has 88 valence electrons. The number of nitrogens with one attached hydrogen (secondary N) is 2. The SMILES string of the molecule is CC(Nc1n[nH]c(=O)c2ccccc12)C(=O)O. The smallest absolute Gasteiger partial charge is 0.325 e. The number of carboxylic acid groups (broad SMARTS) is 1. The van der Waals surface area contributed by atoms with E-state index in [2.05, 4.69) is 15.5 Å². The van der Waals surface area contributed by atoms with Gasteiger partial charge in [-0.05, 0) is 13.0 Å². The predicted molar refractivity (Wildman–Crippen MR) is 63.1 cm³/mol. The summed E-state index contributed by atoms with van der Waals surface area (Å²) in [5.74, 6) is -0.628. The Morgan fingerprint density at radius 3 is 2.71 bits per heavy atom. The first-order chi connectivity index (χ1) is 8.09. The number of nitrogens with zero attached hydrogens (tertiary/aromatic N) is 1. The first-order valence-corrected chi connectivity index (χ1v) is 5.06. The van der Waals surface area contributed by atoms with E-state index in [4.69, 9.17) is 5.11 Å². The van der Waals surface area contributed by atoms with Gasteiger partial charge in [0, 0.05) is 5.39 Å². The third-order valence-electron chi connectivity index (χ3n) is 2.42. The fourth-order valence-corrected chi connectivity index (χ4v) is 1.49. The molecule has 2 rings (SSSR count). The molecule has 1 aromatic heterocycles. The summed E-state index contributed by atoms with van der Waals surface area (Å²) in [6, 6.07) is 6.10. The van der Waals surface area contributed by atoms with Crippen LogP contribution >= 0.6 is 0 Å². The monoisotopic (exact) mass is 233 g/mol. The Hall–Kier alpha value is -2.37. The van der Waals surface area contributed by atoms with Crippen LogP contribution in [0.4, 0.5) is 5.82 Å². The second-order valence-corrected chi connectivity index (χ2v) is 3.65. The number of carbonyl (C=O) groups is 1. The Kier molecular flexibility index (Phi) is 2.78. The molecule has 0 spiro atoms. The summed E-state index contributed by atoms with van der Waals surface area (Å²) in [6.07, 6.45) is 0. The number of fused-ring (bicyclic) bond motifs is 1. The number of hydrogen-bond acceptors (Lipinski definition) is 4. The second-order valence-electron chi connectivity index (χ2n) is 3.65. The van der Waals surface area contributed by atoms with Crippen molar-refractivity contribution in [3.8, 4) is 0 Å². The van der Waals surface area contributed by atoms with E-state index in [9.17, 15) is 9.59 Å². The van der Waals surface area contributed by atoms with Crippen LogP contribution in [0.15, 0.2) is 29.1 Å². The molecule has 1 aromatic carbocycles. The van der Waals surface area contributed by atoms with Gasteiger partial charge in [-0.25, -0.2) is 5.10 Å². The molecular formula is C11H11N3O3. The van der Waals surface area contributed by atoms with Crippen LogP contribution in [0.5, 0.6) is 0 Å². The lowest BCUT2D eigenvalue weighted by Gasteiger charge is -2.11. The number of rotatable bonds is 3. The van der Waals surface area contributed by atoms with Gasteiger partial charge in [0.05, 0.1) is 5.39 Å². The van der Waals surface area contributed by atoms with Crippen molar-refractivity contribution < 1.29 is 9.90 Å². The molecule has 0 radical (unpaired) electrons. The van der Waals surface area contributed by atoms with Crippen molar-refractivity contribution in [1.82, 2.24) is 10.2 Å². The molecule has 0 bridgehead atoms. The summed E-state index contributed by atoms with van der Waals surface area (Å²) in [5.41, 5.74) is -0.297. The summed E-state index contributed by atoms with van der Waals surface area (Å²) >= 11 is 0. The molecule has 0 aliphatic heterocycles. The van der Waals surface area contributed by atoms with Gasteiger partial charge in [0.15, 0.2) is 5.82 Å².